The molecule has 0 saturated carbocycles. The first-order chi connectivity index (χ1) is 19.3. The number of imide groups is 1. The summed E-state index contributed by atoms with van der Waals surface area (Å²) in [5.74, 6) is 0.153. The second-order valence-electron chi connectivity index (χ2n) is 10.1. The van der Waals surface area contributed by atoms with Gasteiger partial charge in [-0.05, 0) is 86.5 Å². The summed E-state index contributed by atoms with van der Waals surface area (Å²) in [6.45, 7) is 5.53. The molecule has 3 heterocycles. The maximum absolute atomic E-state index is 13.1. The van der Waals surface area contributed by atoms with Crippen LogP contribution in [0.2, 0.25) is 5.02 Å². The minimum atomic E-state index is -0.414. The second kappa shape index (κ2) is 12.4. The van der Waals surface area contributed by atoms with Crippen LogP contribution < -0.4 is 4.74 Å². The average molecular weight is 578 g/mol. The molecule has 3 aromatic rings. The largest absolute Gasteiger partial charge is 0.489 e. The van der Waals surface area contributed by atoms with Crippen molar-refractivity contribution in [1.29, 1.82) is 0 Å². The smallest absolute Gasteiger partial charge is 0.294 e. The molecule has 0 atom stereocenters. The van der Waals surface area contributed by atoms with E-state index in [4.69, 9.17) is 16.3 Å². The van der Waals surface area contributed by atoms with E-state index in [9.17, 15) is 14.4 Å². The van der Waals surface area contributed by atoms with Gasteiger partial charge in [0, 0.05) is 40.8 Å². The van der Waals surface area contributed by atoms with E-state index in [0.717, 1.165) is 76.3 Å². The molecule has 3 amide bonds. The molecule has 1 aromatic heterocycles. The number of aromatic nitrogens is 1. The number of amides is 3. The van der Waals surface area contributed by atoms with Crippen LogP contribution in [-0.4, -0.2) is 51.1 Å². The van der Waals surface area contributed by atoms with Crippen LogP contribution in [0.3, 0.4) is 0 Å². The molecule has 0 spiro atoms. The summed E-state index contributed by atoms with van der Waals surface area (Å²) in [7, 11) is 0. The zero-order valence-corrected chi connectivity index (χ0v) is 24.3. The molecule has 0 unspecified atom stereocenters. The predicted octanol–water partition coefficient (Wildman–Crippen LogP) is 6.77. The van der Waals surface area contributed by atoms with Gasteiger partial charge in [-0.25, -0.2) is 0 Å². The number of ether oxygens (including phenoxy) is 1. The van der Waals surface area contributed by atoms with Crippen molar-refractivity contribution in [2.45, 2.75) is 46.1 Å². The molecule has 0 radical (unpaired) electrons. The number of hydrogen-bond acceptors (Lipinski definition) is 5. The summed E-state index contributed by atoms with van der Waals surface area (Å²) in [5, 5.41) is 0.271. The Hall–Kier alpha value is -3.49. The molecule has 9 heteroatoms. The van der Waals surface area contributed by atoms with Crippen molar-refractivity contribution in [3.63, 3.8) is 0 Å². The minimum Gasteiger partial charge on any atom is -0.489 e. The van der Waals surface area contributed by atoms with Gasteiger partial charge in [-0.2, -0.15) is 0 Å². The van der Waals surface area contributed by atoms with Crippen molar-refractivity contribution in [3.05, 3.63) is 87.0 Å². The summed E-state index contributed by atoms with van der Waals surface area (Å²) < 4.78 is 8.01. The van der Waals surface area contributed by atoms with Gasteiger partial charge < -0.3 is 14.2 Å². The first kappa shape index (κ1) is 28.1. The van der Waals surface area contributed by atoms with Crippen LogP contribution in [0.1, 0.15) is 48.2 Å². The van der Waals surface area contributed by atoms with Crippen molar-refractivity contribution in [2.24, 2.45) is 0 Å². The van der Waals surface area contributed by atoms with Gasteiger partial charge in [0.1, 0.15) is 18.9 Å². The van der Waals surface area contributed by atoms with Gasteiger partial charge in [-0.1, -0.05) is 42.6 Å². The third-order valence-corrected chi connectivity index (χ3v) is 8.61. The lowest BCUT2D eigenvalue weighted by atomic mass is 10.2. The molecule has 208 valence electrons. The van der Waals surface area contributed by atoms with Crippen molar-refractivity contribution in [3.8, 4) is 11.4 Å². The van der Waals surface area contributed by atoms with Crippen LogP contribution in [-0.2, 0) is 16.2 Å². The molecular formula is C31H32ClN3O4S. The first-order valence-corrected chi connectivity index (χ1v) is 14.7. The fourth-order valence-electron chi connectivity index (χ4n) is 5.13. The molecule has 7 nitrogen and oxygen atoms in total. The topological polar surface area (TPSA) is 71.9 Å². The summed E-state index contributed by atoms with van der Waals surface area (Å²) >= 11 is 7.12. The summed E-state index contributed by atoms with van der Waals surface area (Å²) in [6.07, 6.45) is 5.88. The monoisotopic (exact) mass is 577 g/mol. The molecule has 0 bridgehead atoms. The number of benzene rings is 2. The Balaban J connectivity index is 1.28. The van der Waals surface area contributed by atoms with Gasteiger partial charge in [0.05, 0.1) is 4.91 Å². The number of thioether (sulfide) groups is 1. The van der Waals surface area contributed by atoms with E-state index in [1.165, 1.54) is 0 Å². The average Bonchev–Trinajstić information content (AvgIpc) is 3.21. The Morgan fingerprint density at radius 3 is 2.40 bits per heavy atom. The van der Waals surface area contributed by atoms with Crippen molar-refractivity contribution >= 4 is 46.5 Å². The van der Waals surface area contributed by atoms with Crippen molar-refractivity contribution < 1.29 is 19.1 Å². The van der Waals surface area contributed by atoms with Gasteiger partial charge in [-0.3, -0.25) is 19.3 Å². The third-order valence-electron chi connectivity index (χ3n) is 7.33. The second-order valence-corrected chi connectivity index (χ2v) is 11.5. The maximum atomic E-state index is 13.1. The van der Waals surface area contributed by atoms with Crippen LogP contribution in [0.5, 0.6) is 5.75 Å². The van der Waals surface area contributed by atoms with Gasteiger partial charge in [0.2, 0.25) is 5.91 Å². The molecule has 2 aliphatic heterocycles. The number of carbonyl (C=O) groups excluding carboxylic acids is 3. The Morgan fingerprint density at radius 1 is 1.00 bits per heavy atom. The summed E-state index contributed by atoms with van der Waals surface area (Å²) in [4.78, 5) is 41.8. The van der Waals surface area contributed by atoms with Crippen LogP contribution in [0.25, 0.3) is 11.8 Å². The van der Waals surface area contributed by atoms with E-state index in [2.05, 4.69) is 4.57 Å². The minimum absolute atomic E-state index is 0.164. The quantitative estimate of drug-likeness (QED) is 0.290. The SMILES string of the molecule is Cc1cc(C=C2SC(=O)N(CC(=O)N3CCCCCC3)C2=O)c(C)n1-c1ccc(OCc2ccccc2Cl)cc1. The normalized spacial score (nSPS) is 17.0. The van der Waals surface area contributed by atoms with Gasteiger partial charge in [-0.15, -0.1) is 0 Å². The number of carbonyl (C=O) groups is 3. The van der Waals surface area contributed by atoms with E-state index >= 15 is 0 Å². The Morgan fingerprint density at radius 2 is 1.70 bits per heavy atom. The van der Waals surface area contributed by atoms with E-state index in [1.807, 2.05) is 68.4 Å². The molecule has 40 heavy (non-hydrogen) atoms. The molecule has 0 aliphatic carbocycles. The van der Waals surface area contributed by atoms with Gasteiger partial charge in [0.15, 0.2) is 0 Å². The van der Waals surface area contributed by atoms with Crippen LogP contribution >= 0.6 is 23.4 Å². The molecule has 2 aliphatic rings. The summed E-state index contributed by atoms with van der Waals surface area (Å²) in [5.41, 5.74) is 4.65. The summed E-state index contributed by atoms with van der Waals surface area (Å²) in [6, 6.07) is 17.4. The highest BCUT2D eigenvalue weighted by molar-refractivity contribution is 8.18. The van der Waals surface area contributed by atoms with Gasteiger partial charge >= 0.3 is 0 Å². The highest BCUT2D eigenvalue weighted by atomic mass is 35.5. The number of hydrogen-bond donors (Lipinski definition) is 0. The number of likely N-dealkylation sites (tertiary alicyclic amines) is 1. The standard InChI is InChI=1S/C31H32ClN3O4S/c1-21-17-24(18-28-30(37)34(31(38)40-28)19-29(36)33-15-7-3-4-8-16-33)22(2)35(21)25-11-13-26(14-12-25)39-20-23-9-5-6-10-27(23)32/h5-6,9-14,17-18H,3-4,7-8,15-16,19-20H2,1-2H3. The number of aryl methyl sites for hydroxylation is 1. The maximum Gasteiger partial charge on any atom is 0.294 e. The lowest BCUT2D eigenvalue weighted by molar-refractivity contribution is -0.135. The molecule has 2 fully saturated rings. The number of rotatable bonds is 7. The Labute approximate surface area is 243 Å². The predicted molar refractivity (Wildman–Crippen MR) is 159 cm³/mol. The van der Waals surface area contributed by atoms with E-state index in [-0.39, 0.29) is 12.5 Å². The highest BCUT2D eigenvalue weighted by Gasteiger charge is 2.37. The van der Waals surface area contributed by atoms with E-state index in [1.54, 1.807) is 11.0 Å². The van der Waals surface area contributed by atoms with Crippen LogP contribution in [0, 0.1) is 13.8 Å². The van der Waals surface area contributed by atoms with Crippen molar-refractivity contribution in [1.82, 2.24) is 14.4 Å². The lowest BCUT2D eigenvalue weighted by Crippen LogP contribution is -2.42. The fourth-order valence-corrected chi connectivity index (χ4v) is 6.15. The fraction of sp³-hybridized carbons (Fsp3) is 0.323. The highest BCUT2D eigenvalue weighted by Crippen LogP contribution is 2.34. The molecule has 2 aromatic carbocycles. The van der Waals surface area contributed by atoms with Crippen molar-refractivity contribution in [2.75, 3.05) is 19.6 Å². The molecular weight excluding hydrogens is 546 g/mol. The Bertz CT molecular complexity index is 1460. The Kier molecular flexibility index (Phi) is 8.66. The van der Waals surface area contributed by atoms with Crippen LogP contribution in [0.4, 0.5) is 4.79 Å². The van der Waals surface area contributed by atoms with E-state index in [0.29, 0.717) is 29.6 Å². The number of nitrogens with zero attached hydrogens (tertiary/aromatic N) is 3. The van der Waals surface area contributed by atoms with Gasteiger partial charge in [0.25, 0.3) is 11.1 Å². The zero-order chi connectivity index (χ0) is 28.2. The zero-order valence-electron chi connectivity index (χ0n) is 22.7. The first-order valence-electron chi connectivity index (χ1n) is 13.5. The number of halogens is 1. The lowest BCUT2D eigenvalue weighted by Gasteiger charge is -2.22. The van der Waals surface area contributed by atoms with Crippen LogP contribution in [0.15, 0.2) is 59.5 Å². The molecule has 5 rings (SSSR count). The molecule has 0 N–H and O–H groups in total. The third kappa shape index (κ3) is 6.13. The molecule has 2 saturated heterocycles. The van der Waals surface area contributed by atoms with E-state index < -0.39 is 11.1 Å².